The normalized spacial score (nSPS) is 11.1. The van der Waals surface area contributed by atoms with E-state index in [1.54, 1.807) is 7.11 Å². The fourth-order valence-electron chi connectivity index (χ4n) is 2.89. The van der Waals surface area contributed by atoms with Gasteiger partial charge in [0.1, 0.15) is 0 Å². The monoisotopic (exact) mass is 281 g/mol. The third-order valence-corrected chi connectivity index (χ3v) is 3.91. The fraction of sp³-hybridized carbons (Fsp3) is 0.294. The zero-order chi connectivity index (χ0) is 15.1. The Balaban J connectivity index is 2.38. The first kappa shape index (κ1) is 13.6. The summed E-state index contributed by atoms with van der Waals surface area (Å²) >= 11 is 0. The Morgan fingerprint density at radius 3 is 2.52 bits per heavy atom. The van der Waals surface area contributed by atoms with E-state index in [-0.39, 0.29) is 0 Å². The highest BCUT2D eigenvalue weighted by molar-refractivity contribution is 5.92. The number of pyridine rings is 2. The first-order chi connectivity index (χ1) is 10.0. The lowest BCUT2D eigenvalue weighted by atomic mass is 10.1. The van der Waals surface area contributed by atoms with E-state index in [4.69, 9.17) is 4.74 Å². The Kier molecular flexibility index (Phi) is 3.16. The molecule has 108 valence electrons. The number of fused-ring (bicyclic) bond motifs is 1. The minimum Gasteiger partial charge on any atom is -0.481 e. The quantitative estimate of drug-likeness (QED) is 0.721. The van der Waals surface area contributed by atoms with Crippen LogP contribution in [0.1, 0.15) is 16.8 Å². The summed E-state index contributed by atoms with van der Waals surface area (Å²) < 4.78 is 7.61. The molecule has 3 rings (SSSR count). The summed E-state index contributed by atoms with van der Waals surface area (Å²) in [6.07, 6.45) is 3.75. The molecule has 0 aliphatic carbocycles. The number of methoxy groups -OCH3 is 1. The summed E-state index contributed by atoms with van der Waals surface area (Å²) in [6.45, 7) is 6.19. The number of rotatable bonds is 2. The van der Waals surface area contributed by atoms with Gasteiger partial charge in [0.2, 0.25) is 5.88 Å². The van der Waals surface area contributed by atoms with Crippen LogP contribution >= 0.6 is 0 Å². The molecule has 0 aromatic carbocycles. The zero-order valence-corrected chi connectivity index (χ0v) is 13.1. The van der Waals surface area contributed by atoms with Crippen molar-refractivity contribution in [3.8, 4) is 17.1 Å². The van der Waals surface area contributed by atoms with E-state index in [0.717, 1.165) is 28.0 Å². The van der Waals surface area contributed by atoms with Crippen molar-refractivity contribution in [2.24, 2.45) is 7.05 Å². The van der Waals surface area contributed by atoms with Gasteiger partial charge in [0.25, 0.3) is 0 Å². The summed E-state index contributed by atoms with van der Waals surface area (Å²) in [5, 5.41) is 1.23. The van der Waals surface area contributed by atoms with Gasteiger partial charge in [-0.1, -0.05) is 0 Å². The van der Waals surface area contributed by atoms with Gasteiger partial charge in [-0.25, -0.2) is 4.98 Å². The highest BCUT2D eigenvalue weighted by atomic mass is 16.5. The Morgan fingerprint density at radius 1 is 1.05 bits per heavy atom. The molecule has 0 radical (unpaired) electrons. The van der Waals surface area contributed by atoms with Crippen LogP contribution in [0.25, 0.3) is 22.2 Å². The van der Waals surface area contributed by atoms with Crippen molar-refractivity contribution in [1.82, 2.24) is 14.5 Å². The molecule has 0 fully saturated rings. The molecule has 0 aliphatic heterocycles. The van der Waals surface area contributed by atoms with E-state index in [1.165, 1.54) is 10.9 Å². The Morgan fingerprint density at radius 2 is 1.81 bits per heavy atom. The highest BCUT2D eigenvalue weighted by Crippen LogP contribution is 2.36. The van der Waals surface area contributed by atoms with Gasteiger partial charge in [0.15, 0.2) is 0 Å². The van der Waals surface area contributed by atoms with Crippen LogP contribution in [-0.4, -0.2) is 21.6 Å². The number of aromatic nitrogens is 3. The summed E-state index contributed by atoms with van der Waals surface area (Å²) in [5.41, 5.74) is 6.64. The van der Waals surface area contributed by atoms with Crippen molar-refractivity contribution in [2.45, 2.75) is 20.8 Å². The highest BCUT2D eigenvalue weighted by Gasteiger charge is 2.18. The predicted octanol–water partition coefficient (Wildman–Crippen LogP) is 3.57. The maximum Gasteiger partial charge on any atom is 0.222 e. The van der Waals surface area contributed by atoms with Gasteiger partial charge in [-0.05, 0) is 44.0 Å². The molecule has 0 unspecified atom stereocenters. The SMILES string of the molecule is COc1ncc(C)cc1-c1c(C)c2cc(C)ncc2n1C. The lowest BCUT2D eigenvalue weighted by Gasteiger charge is -2.11. The number of nitrogens with zero attached hydrogens (tertiary/aromatic N) is 3. The standard InChI is InChI=1S/C17H19N3O/c1-10-6-14(17(21-5)19-8-10)16-12(3)13-7-11(2)18-9-15(13)20(16)4/h6-9H,1-5H3. The van der Waals surface area contributed by atoms with E-state index in [9.17, 15) is 0 Å². The number of aryl methyl sites for hydroxylation is 4. The second kappa shape index (κ2) is 4.88. The van der Waals surface area contributed by atoms with Crippen LogP contribution in [0, 0.1) is 20.8 Å². The van der Waals surface area contributed by atoms with Gasteiger partial charge in [0, 0.05) is 24.3 Å². The van der Waals surface area contributed by atoms with Crippen LogP contribution in [0.15, 0.2) is 24.5 Å². The van der Waals surface area contributed by atoms with E-state index in [1.807, 2.05) is 26.2 Å². The molecular weight excluding hydrogens is 262 g/mol. The van der Waals surface area contributed by atoms with E-state index in [2.05, 4.69) is 40.6 Å². The second-order valence-corrected chi connectivity index (χ2v) is 5.44. The molecule has 4 heteroatoms. The van der Waals surface area contributed by atoms with Gasteiger partial charge >= 0.3 is 0 Å². The minimum atomic E-state index is 0.652. The van der Waals surface area contributed by atoms with Crippen molar-refractivity contribution in [3.63, 3.8) is 0 Å². The van der Waals surface area contributed by atoms with E-state index in [0.29, 0.717) is 5.88 Å². The van der Waals surface area contributed by atoms with Crippen molar-refractivity contribution in [2.75, 3.05) is 7.11 Å². The summed E-state index contributed by atoms with van der Waals surface area (Å²) in [4.78, 5) is 8.80. The van der Waals surface area contributed by atoms with Crippen LogP contribution < -0.4 is 4.74 Å². The van der Waals surface area contributed by atoms with Gasteiger partial charge in [0.05, 0.1) is 30.1 Å². The number of ether oxygens (including phenoxy) is 1. The lowest BCUT2D eigenvalue weighted by molar-refractivity contribution is 0.399. The summed E-state index contributed by atoms with van der Waals surface area (Å²) in [7, 11) is 3.72. The average Bonchev–Trinajstić information content (AvgIpc) is 2.70. The first-order valence-corrected chi connectivity index (χ1v) is 6.95. The minimum absolute atomic E-state index is 0.652. The van der Waals surface area contributed by atoms with Crippen molar-refractivity contribution >= 4 is 10.9 Å². The van der Waals surface area contributed by atoms with Crippen molar-refractivity contribution < 1.29 is 4.74 Å². The smallest absolute Gasteiger partial charge is 0.222 e. The molecule has 0 aliphatic rings. The van der Waals surface area contributed by atoms with Crippen LogP contribution in [0.2, 0.25) is 0 Å². The third kappa shape index (κ3) is 2.07. The molecule has 0 saturated carbocycles. The Hall–Kier alpha value is -2.36. The Bertz CT molecular complexity index is 834. The Labute approximate surface area is 124 Å². The summed E-state index contributed by atoms with van der Waals surface area (Å²) in [6, 6.07) is 4.25. The first-order valence-electron chi connectivity index (χ1n) is 6.95. The molecule has 0 amide bonds. The predicted molar refractivity (Wildman–Crippen MR) is 84.7 cm³/mol. The zero-order valence-electron chi connectivity index (χ0n) is 13.1. The molecule has 3 heterocycles. The van der Waals surface area contributed by atoms with Crippen LogP contribution in [0.3, 0.4) is 0 Å². The largest absolute Gasteiger partial charge is 0.481 e. The number of hydrogen-bond donors (Lipinski definition) is 0. The maximum absolute atomic E-state index is 5.44. The molecule has 21 heavy (non-hydrogen) atoms. The summed E-state index contributed by atoms with van der Waals surface area (Å²) in [5.74, 6) is 0.652. The molecule has 0 atom stereocenters. The third-order valence-electron chi connectivity index (χ3n) is 3.91. The van der Waals surface area contributed by atoms with E-state index < -0.39 is 0 Å². The van der Waals surface area contributed by atoms with Gasteiger partial charge < -0.3 is 9.30 Å². The maximum atomic E-state index is 5.44. The molecule has 0 spiro atoms. The lowest BCUT2D eigenvalue weighted by Crippen LogP contribution is -1.98. The molecule has 3 aromatic rings. The molecule has 0 N–H and O–H groups in total. The second-order valence-electron chi connectivity index (χ2n) is 5.44. The van der Waals surface area contributed by atoms with Crippen LogP contribution in [0.5, 0.6) is 5.88 Å². The molecule has 3 aromatic heterocycles. The van der Waals surface area contributed by atoms with Crippen molar-refractivity contribution in [3.05, 3.63) is 41.3 Å². The fourth-order valence-corrected chi connectivity index (χ4v) is 2.89. The van der Waals surface area contributed by atoms with Gasteiger partial charge in [-0.3, -0.25) is 4.98 Å². The van der Waals surface area contributed by atoms with Crippen LogP contribution in [-0.2, 0) is 7.05 Å². The van der Waals surface area contributed by atoms with Crippen LogP contribution in [0.4, 0.5) is 0 Å². The van der Waals surface area contributed by atoms with E-state index >= 15 is 0 Å². The van der Waals surface area contributed by atoms with Crippen molar-refractivity contribution in [1.29, 1.82) is 0 Å². The van der Waals surface area contributed by atoms with Gasteiger partial charge in [-0.2, -0.15) is 0 Å². The molecular formula is C17H19N3O. The average molecular weight is 281 g/mol. The molecule has 0 saturated heterocycles. The molecule has 0 bridgehead atoms. The number of hydrogen-bond acceptors (Lipinski definition) is 3. The van der Waals surface area contributed by atoms with Gasteiger partial charge in [-0.15, -0.1) is 0 Å². The molecule has 4 nitrogen and oxygen atoms in total. The topological polar surface area (TPSA) is 39.9 Å².